The fourth-order valence-electron chi connectivity index (χ4n) is 2.96. The maximum absolute atomic E-state index is 12.7. The molecule has 1 N–H and O–H groups in total. The van der Waals surface area contributed by atoms with Gasteiger partial charge in [-0.25, -0.2) is 0 Å². The SMILES string of the molecule is O=C1C(Br)=C(N2CCC(C(=O)O)CC2)C(=O)c2ccccc21. The van der Waals surface area contributed by atoms with Gasteiger partial charge in [-0.1, -0.05) is 24.3 Å². The highest BCUT2D eigenvalue weighted by Crippen LogP contribution is 2.33. The highest BCUT2D eigenvalue weighted by atomic mass is 79.9. The molecule has 0 saturated carbocycles. The molecule has 1 aromatic carbocycles. The second-order valence-electron chi connectivity index (χ2n) is 5.47. The van der Waals surface area contributed by atoms with Crippen molar-refractivity contribution in [2.45, 2.75) is 12.8 Å². The zero-order chi connectivity index (χ0) is 15.9. The van der Waals surface area contributed by atoms with Crippen molar-refractivity contribution in [3.8, 4) is 0 Å². The first kappa shape index (κ1) is 15.0. The van der Waals surface area contributed by atoms with E-state index in [1.807, 2.05) is 4.90 Å². The monoisotopic (exact) mass is 363 g/mol. The van der Waals surface area contributed by atoms with E-state index in [2.05, 4.69) is 15.9 Å². The summed E-state index contributed by atoms with van der Waals surface area (Å²) >= 11 is 3.26. The smallest absolute Gasteiger partial charge is 0.306 e. The maximum atomic E-state index is 12.7. The number of carboxylic acids is 1. The predicted octanol–water partition coefficient (Wildman–Crippen LogP) is 2.47. The van der Waals surface area contributed by atoms with Gasteiger partial charge in [0.2, 0.25) is 11.6 Å². The highest BCUT2D eigenvalue weighted by Gasteiger charge is 2.36. The molecule has 114 valence electrons. The molecule has 1 aliphatic heterocycles. The van der Waals surface area contributed by atoms with Crippen molar-refractivity contribution in [1.29, 1.82) is 0 Å². The van der Waals surface area contributed by atoms with Crippen LogP contribution in [0.4, 0.5) is 0 Å². The lowest BCUT2D eigenvalue weighted by Gasteiger charge is -2.35. The molecular weight excluding hydrogens is 350 g/mol. The molecule has 2 aliphatic rings. The molecule has 1 aromatic rings. The van der Waals surface area contributed by atoms with E-state index < -0.39 is 5.97 Å². The first-order valence-electron chi connectivity index (χ1n) is 7.06. The lowest BCUT2D eigenvalue weighted by Crippen LogP contribution is -2.40. The Morgan fingerprint density at radius 2 is 1.64 bits per heavy atom. The number of halogens is 1. The van der Waals surface area contributed by atoms with Gasteiger partial charge in [0.1, 0.15) is 5.70 Å². The molecule has 1 heterocycles. The number of allylic oxidation sites excluding steroid dienone is 2. The molecule has 0 amide bonds. The number of likely N-dealkylation sites (tertiary alicyclic amines) is 1. The van der Waals surface area contributed by atoms with Crippen molar-refractivity contribution in [2.24, 2.45) is 5.92 Å². The number of carbonyl (C=O) groups excluding carboxylic acids is 2. The summed E-state index contributed by atoms with van der Waals surface area (Å²) in [6, 6.07) is 6.76. The standard InChI is InChI=1S/C16H14BrNO4/c17-12-13(18-7-5-9(6-8-18)16(21)22)15(20)11-4-2-1-3-10(11)14(12)19/h1-4,9H,5-8H2,(H,21,22). The topological polar surface area (TPSA) is 74.7 Å². The van der Waals surface area contributed by atoms with Crippen LogP contribution in [0, 0.1) is 5.92 Å². The van der Waals surface area contributed by atoms with E-state index in [4.69, 9.17) is 5.11 Å². The Morgan fingerprint density at radius 3 is 2.18 bits per heavy atom. The molecule has 22 heavy (non-hydrogen) atoms. The van der Waals surface area contributed by atoms with E-state index in [9.17, 15) is 14.4 Å². The molecule has 0 aromatic heterocycles. The number of fused-ring (bicyclic) bond motifs is 1. The number of carboxylic acid groups (broad SMARTS) is 1. The van der Waals surface area contributed by atoms with E-state index in [1.54, 1.807) is 24.3 Å². The van der Waals surface area contributed by atoms with E-state index >= 15 is 0 Å². The zero-order valence-electron chi connectivity index (χ0n) is 11.7. The van der Waals surface area contributed by atoms with Gasteiger partial charge in [-0.2, -0.15) is 0 Å². The molecule has 1 aliphatic carbocycles. The van der Waals surface area contributed by atoms with Crippen molar-refractivity contribution in [3.63, 3.8) is 0 Å². The number of rotatable bonds is 2. The van der Waals surface area contributed by atoms with Crippen LogP contribution in [0.1, 0.15) is 33.6 Å². The predicted molar refractivity (Wildman–Crippen MR) is 83.0 cm³/mol. The minimum absolute atomic E-state index is 0.184. The summed E-state index contributed by atoms with van der Waals surface area (Å²) in [7, 11) is 0. The van der Waals surface area contributed by atoms with Crippen LogP contribution in [0.25, 0.3) is 0 Å². The normalized spacial score (nSPS) is 19.4. The van der Waals surface area contributed by atoms with Gasteiger partial charge in [-0.05, 0) is 28.8 Å². The lowest BCUT2D eigenvalue weighted by atomic mass is 9.90. The number of hydrogen-bond acceptors (Lipinski definition) is 4. The van der Waals surface area contributed by atoms with Crippen LogP contribution in [0.5, 0.6) is 0 Å². The summed E-state index contributed by atoms with van der Waals surface area (Å²) in [5.41, 5.74) is 1.17. The van der Waals surface area contributed by atoms with Crippen LogP contribution in [-0.4, -0.2) is 40.6 Å². The Labute approximate surface area is 135 Å². The lowest BCUT2D eigenvalue weighted by molar-refractivity contribution is -0.143. The quantitative estimate of drug-likeness (QED) is 0.873. The third-order valence-corrected chi connectivity index (χ3v) is 4.93. The molecule has 0 radical (unpaired) electrons. The molecule has 1 fully saturated rings. The van der Waals surface area contributed by atoms with Crippen LogP contribution in [0.2, 0.25) is 0 Å². The largest absolute Gasteiger partial charge is 0.481 e. The number of hydrogen-bond donors (Lipinski definition) is 1. The maximum Gasteiger partial charge on any atom is 0.306 e. The Morgan fingerprint density at radius 1 is 1.09 bits per heavy atom. The number of nitrogens with zero attached hydrogens (tertiary/aromatic N) is 1. The van der Waals surface area contributed by atoms with Crippen molar-refractivity contribution >= 4 is 33.5 Å². The molecular formula is C16H14BrNO4. The summed E-state index contributed by atoms with van der Waals surface area (Å²) in [6.45, 7) is 0.922. The number of benzene rings is 1. The van der Waals surface area contributed by atoms with Gasteiger partial charge in [0.15, 0.2) is 0 Å². The minimum atomic E-state index is -0.802. The molecule has 6 heteroatoms. The summed E-state index contributed by atoms with van der Waals surface area (Å²) in [5.74, 6) is -1.57. The summed E-state index contributed by atoms with van der Waals surface area (Å²) < 4.78 is 0.268. The molecule has 1 saturated heterocycles. The fraction of sp³-hybridized carbons (Fsp3) is 0.312. The molecule has 0 spiro atoms. The van der Waals surface area contributed by atoms with Gasteiger partial charge < -0.3 is 10.0 Å². The van der Waals surface area contributed by atoms with Crippen LogP contribution >= 0.6 is 15.9 Å². The van der Waals surface area contributed by atoms with Gasteiger partial charge in [-0.15, -0.1) is 0 Å². The van der Waals surface area contributed by atoms with Gasteiger partial charge >= 0.3 is 5.97 Å². The second kappa shape index (κ2) is 5.68. The first-order valence-corrected chi connectivity index (χ1v) is 7.86. The van der Waals surface area contributed by atoms with Crippen molar-refractivity contribution < 1.29 is 19.5 Å². The first-order chi connectivity index (χ1) is 10.5. The van der Waals surface area contributed by atoms with Crippen molar-refractivity contribution in [2.75, 3.05) is 13.1 Å². The summed E-state index contributed by atoms with van der Waals surface area (Å²) in [5, 5.41) is 9.05. The van der Waals surface area contributed by atoms with Crippen LogP contribution in [0.3, 0.4) is 0 Å². The molecule has 3 rings (SSSR count). The molecule has 0 bridgehead atoms. The number of ketones is 2. The number of Topliss-reactive ketones (excluding diaryl/α,β-unsaturated/α-hetero) is 2. The van der Waals surface area contributed by atoms with E-state index in [1.165, 1.54) is 0 Å². The molecule has 0 unspecified atom stereocenters. The van der Waals surface area contributed by atoms with Gasteiger partial charge in [0.25, 0.3) is 0 Å². The Hall–Kier alpha value is -1.95. The Balaban J connectivity index is 1.92. The molecule has 5 nitrogen and oxygen atoms in total. The minimum Gasteiger partial charge on any atom is -0.481 e. The number of aliphatic carboxylic acids is 1. The van der Waals surface area contributed by atoms with E-state index in [0.717, 1.165) is 0 Å². The summed E-state index contributed by atoms with van der Waals surface area (Å²) in [6.07, 6.45) is 0.949. The van der Waals surface area contributed by atoms with Crippen molar-refractivity contribution in [1.82, 2.24) is 4.90 Å². The third-order valence-electron chi connectivity index (χ3n) is 4.20. The van der Waals surface area contributed by atoms with Crippen LogP contribution in [0.15, 0.2) is 34.4 Å². The number of piperidine rings is 1. The van der Waals surface area contributed by atoms with Gasteiger partial charge in [0.05, 0.1) is 10.4 Å². The third kappa shape index (κ3) is 2.37. The molecule has 0 atom stereocenters. The average molecular weight is 364 g/mol. The Bertz CT molecular complexity index is 702. The van der Waals surface area contributed by atoms with E-state index in [-0.39, 0.29) is 22.0 Å². The Kier molecular flexibility index (Phi) is 3.87. The van der Waals surface area contributed by atoms with Crippen LogP contribution in [-0.2, 0) is 4.79 Å². The second-order valence-corrected chi connectivity index (χ2v) is 6.26. The van der Waals surface area contributed by atoms with Gasteiger partial charge in [0, 0.05) is 24.2 Å². The number of carbonyl (C=O) groups is 3. The zero-order valence-corrected chi connectivity index (χ0v) is 13.3. The van der Waals surface area contributed by atoms with E-state index in [0.29, 0.717) is 42.8 Å². The summed E-state index contributed by atoms with van der Waals surface area (Å²) in [4.78, 5) is 37.9. The van der Waals surface area contributed by atoms with Gasteiger partial charge in [-0.3, -0.25) is 14.4 Å². The van der Waals surface area contributed by atoms with Crippen LogP contribution < -0.4 is 0 Å². The fourth-order valence-corrected chi connectivity index (χ4v) is 3.61. The van der Waals surface area contributed by atoms with Crippen molar-refractivity contribution in [3.05, 3.63) is 45.6 Å². The highest BCUT2D eigenvalue weighted by molar-refractivity contribution is 9.12. The average Bonchev–Trinajstić information content (AvgIpc) is 2.53.